The Hall–Kier alpha value is -4.54. The third-order valence-electron chi connectivity index (χ3n) is 8.72. The van der Waals surface area contributed by atoms with Gasteiger partial charge in [0.2, 0.25) is 5.91 Å². The number of amides is 3. The van der Waals surface area contributed by atoms with Crippen LogP contribution in [-0.2, 0) is 16.1 Å². The molecule has 5 rings (SSSR count). The normalized spacial score (nSPS) is 17.4. The average Bonchev–Trinajstić information content (AvgIpc) is 3.58. The molecule has 3 amide bonds. The standard InChI is InChI=1S/C34H44N6O5/c1-24(2)40(22-25-10-12-26(13-11-25)28-20-35-36-21-28)31(41)27-7-6-14-39(23-27)29-8-5-9-30(19-29)45-34(3,4)32(42)37-15-17-38(18-16-37)33(43)44/h5,8-13,19-21,24,27H,6-7,14-18,22-23H2,1-4H3,(H,35,36)(H,43,44)/t27-/m1/s1. The van der Waals surface area contributed by atoms with Gasteiger partial charge in [-0.15, -0.1) is 0 Å². The molecule has 0 radical (unpaired) electrons. The first kappa shape index (κ1) is 31.9. The van der Waals surface area contributed by atoms with Gasteiger partial charge in [0.05, 0.1) is 12.1 Å². The van der Waals surface area contributed by atoms with Gasteiger partial charge in [-0.05, 0) is 63.8 Å². The fraction of sp³-hybridized carbons (Fsp3) is 0.471. The van der Waals surface area contributed by atoms with Crippen LogP contribution in [0.25, 0.3) is 11.1 Å². The molecule has 3 heterocycles. The van der Waals surface area contributed by atoms with Crippen molar-refractivity contribution in [3.63, 3.8) is 0 Å². The summed E-state index contributed by atoms with van der Waals surface area (Å²) in [4.78, 5) is 45.6. The van der Waals surface area contributed by atoms with E-state index in [0.717, 1.165) is 41.8 Å². The summed E-state index contributed by atoms with van der Waals surface area (Å²) in [5.74, 6) is 0.437. The first-order valence-corrected chi connectivity index (χ1v) is 15.7. The Labute approximate surface area is 264 Å². The predicted molar refractivity (Wildman–Crippen MR) is 172 cm³/mol. The zero-order valence-corrected chi connectivity index (χ0v) is 26.6. The molecule has 2 saturated heterocycles. The number of aromatic nitrogens is 2. The predicted octanol–water partition coefficient (Wildman–Crippen LogP) is 4.71. The van der Waals surface area contributed by atoms with Crippen molar-refractivity contribution in [2.24, 2.45) is 5.92 Å². The van der Waals surface area contributed by atoms with E-state index in [1.54, 1.807) is 24.9 Å². The van der Waals surface area contributed by atoms with Crippen LogP contribution in [0.1, 0.15) is 46.1 Å². The molecule has 45 heavy (non-hydrogen) atoms. The number of hydrogen-bond donors (Lipinski definition) is 2. The molecule has 3 aromatic rings. The molecule has 2 aliphatic heterocycles. The minimum Gasteiger partial charge on any atom is -0.478 e. The smallest absolute Gasteiger partial charge is 0.407 e. The maximum atomic E-state index is 13.9. The lowest BCUT2D eigenvalue weighted by atomic mass is 9.95. The fourth-order valence-electron chi connectivity index (χ4n) is 6.13. The Morgan fingerprint density at radius 2 is 1.73 bits per heavy atom. The number of carbonyl (C=O) groups is 3. The lowest BCUT2D eigenvalue weighted by Crippen LogP contribution is -2.56. The monoisotopic (exact) mass is 616 g/mol. The Morgan fingerprint density at radius 3 is 2.38 bits per heavy atom. The number of piperazine rings is 1. The second-order valence-corrected chi connectivity index (χ2v) is 12.7. The van der Waals surface area contributed by atoms with Crippen LogP contribution in [-0.4, -0.2) is 98.8 Å². The van der Waals surface area contributed by atoms with Gasteiger partial charge < -0.3 is 29.4 Å². The van der Waals surface area contributed by atoms with Crippen molar-refractivity contribution in [2.75, 3.05) is 44.2 Å². The number of nitrogens with zero attached hydrogens (tertiary/aromatic N) is 5. The summed E-state index contributed by atoms with van der Waals surface area (Å²) in [7, 11) is 0. The number of aromatic amines is 1. The Balaban J connectivity index is 1.21. The molecule has 0 aliphatic carbocycles. The summed E-state index contributed by atoms with van der Waals surface area (Å²) in [5.41, 5.74) is 3.02. The third kappa shape index (κ3) is 7.58. The number of H-pyrrole nitrogens is 1. The van der Waals surface area contributed by atoms with E-state index < -0.39 is 11.7 Å². The highest BCUT2D eigenvalue weighted by molar-refractivity contribution is 5.85. The molecule has 2 aliphatic rings. The summed E-state index contributed by atoms with van der Waals surface area (Å²) in [6.45, 7) is 10.9. The summed E-state index contributed by atoms with van der Waals surface area (Å²) in [6.07, 6.45) is 4.43. The fourth-order valence-corrected chi connectivity index (χ4v) is 6.13. The lowest BCUT2D eigenvalue weighted by Gasteiger charge is -2.38. The topological polar surface area (TPSA) is 122 Å². The zero-order chi connectivity index (χ0) is 32.1. The number of rotatable bonds is 9. The summed E-state index contributed by atoms with van der Waals surface area (Å²) in [5, 5.41) is 16.1. The molecule has 11 heteroatoms. The largest absolute Gasteiger partial charge is 0.478 e. The van der Waals surface area contributed by atoms with Crippen LogP contribution in [0.15, 0.2) is 60.9 Å². The molecule has 0 saturated carbocycles. The molecule has 0 spiro atoms. The van der Waals surface area contributed by atoms with Crippen molar-refractivity contribution in [1.29, 1.82) is 0 Å². The van der Waals surface area contributed by atoms with Crippen LogP contribution in [0.3, 0.4) is 0 Å². The van der Waals surface area contributed by atoms with Crippen LogP contribution in [0.2, 0.25) is 0 Å². The summed E-state index contributed by atoms with van der Waals surface area (Å²) in [6, 6.07) is 16.0. The molecule has 0 unspecified atom stereocenters. The number of nitrogens with one attached hydrogen (secondary N) is 1. The second-order valence-electron chi connectivity index (χ2n) is 12.7. The molecular weight excluding hydrogens is 572 g/mol. The summed E-state index contributed by atoms with van der Waals surface area (Å²) >= 11 is 0. The van der Waals surface area contributed by atoms with Crippen molar-refractivity contribution in [3.8, 4) is 16.9 Å². The first-order chi connectivity index (χ1) is 21.5. The molecule has 0 bridgehead atoms. The molecule has 11 nitrogen and oxygen atoms in total. The number of benzene rings is 2. The highest BCUT2D eigenvalue weighted by Gasteiger charge is 2.37. The van der Waals surface area contributed by atoms with Gasteiger partial charge in [-0.25, -0.2) is 4.79 Å². The van der Waals surface area contributed by atoms with Gasteiger partial charge in [0.25, 0.3) is 5.91 Å². The van der Waals surface area contributed by atoms with E-state index in [-0.39, 0.29) is 36.9 Å². The van der Waals surface area contributed by atoms with Crippen LogP contribution >= 0.6 is 0 Å². The highest BCUT2D eigenvalue weighted by atomic mass is 16.5. The number of carboxylic acid groups (broad SMARTS) is 1. The van der Waals surface area contributed by atoms with Crippen molar-refractivity contribution in [3.05, 3.63) is 66.5 Å². The highest BCUT2D eigenvalue weighted by Crippen LogP contribution is 2.30. The van der Waals surface area contributed by atoms with E-state index in [1.807, 2.05) is 35.4 Å². The minimum atomic E-state index is -1.13. The van der Waals surface area contributed by atoms with E-state index >= 15 is 0 Å². The minimum absolute atomic E-state index is 0.0602. The second kappa shape index (κ2) is 13.6. The SMILES string of the molecule is CC(C)N(Cc1ccc(-c2cn[nH]c2)cc1)C(=O)[C@@H]1CCCN(c2cccc(OC(C)(C)C(=O)N3CCN(C(=O)O)CC3)c2)C1. The Bertz CT molecular complexity index is 1460. The van der Waals surface area contributed by atoms with Crippen molar-refractivity contribution in [1.82, 2.24) is 24.9 Å². The van der Waals surface area contributed by atoms with Crippen LogP contribution in [0, 0.1) is 5.92 Å². The molecule has 1 atom stereocenters. The van der Waals surface area contributed by atoms with E-state index in [0.29, 0.717) is 31.9 Å². The van der Waals surface area contributed by atoms with Crippen molar-refractivity contribution >= 4 is 23.6 Å². The third-order valence-corrected chi connectivity index (χ3v) is 8.72. The maximum absolute atomic E-state index is 13.9. The number of hydrogen-bond acceptors (Lipinski definition) is 6. The molecule has 1 aromatic heterocycles. The number of ether oxygens (including phenoxy) is 1. The quantitative estimate of drug-likeness (QED) is 0.357. The lowest BCUT2D eigenvalue weighted by molar-refractivity contribution is -0.147. The van der Waals surface area contributed by atoms with Gasteiger partial charge in [0.15, 0.2) is 5.60 Å². The Kier molecular flexibility index (Phi) is 9.65. The summed E-state index contributed by atoms with van der Waals surface area (Å²) < 4.78 is 6.24. The zero-order valence-electron chi connectivity index (χ0n) is 26.6. The van der Waals surface area contributed by atoms with Crippen LogP contribution in [0.5, 0.6) is 5.75 Å². The molecule has 240 valence electrons. The van der Waals surface area contributed by atoms with Crippen molar-refractivity contribution < 1.29 is 24.2 Å². The van der Waals surface area contributed by atoms with E-state index in [2.05, 4.69) is 53.2 Å². The van der Waals surface area contributed by atoms with Gasteiger partial charge in [0, 0.05) is 75.4 Å². The number of carbonyl (C=O) groups excluding carboxylic acids is 2. The van der Waals surface area contributed by atoms with Crippen LogP contribution < -0.4 is 9.64 Å². The van der Waals surface area contributed by atoms with Gasteiger partial charge in [-0.1, -0.05) is 30.3 Å². The van der Waals surface area contributed by atoms with Gasteiger partial charge in [-0.2, -0.15) is 5.10 Å². The molecule has 2 N–H and O–H groups in total. The van der Waals surface area contributed by atoms with Gasteiger partial charge in [0.1, 0.15) is 5.75 Å². The van der Waals surface area contributed by atoms with Crippen LogP contribution in [0.4, 0.5) is 10.5 Å². The van der Waals surface area contributed by atoms with Crippen molar-refractivity contribution in [2.45, 2.75) is 58.7 Å². The first-order valence-electron chi connectivity index (χ1n) is 15.7. The van der Waals surface area contributed by atoms with E-state index in [4.69, 9.17) is 4.74 Å². The molecule has 2 aromatic carbocycles. The Morgan fingerprint density at radius 1 is 1.02 bits per heavy atom. The van der Waals surface area contributed by atoms with E-state index in [1.165, 1.54) is 4.90 Å². The molecule has 2 fully saturated rings. The van der Waals surface area contributed by atoms with Gasteiger partial charge in [-0.3, -0.25) is 14.7 Å². The van der Waals surface area contributed by atoms with E-state index in [9.17, 15) is 19.5 Å². The number of piperidine rings is 1. The number of anilines is 1. The average molecular weight is 617 g/mol. The molecular formula is C34H44N6O5. The van der Waals surface area contributed by atoms with Gasteiger partial charge >= 0.3 is 6.09 Å². The maximum Gasteiger partial charge on any atom is 0.407 e.